The second-order valence-electron chi connectivity index (χ2n) is 10.1. The molecule has 1 fully saturated rings. The van der Waals surface area contributed by atoms with E-state index in [1.54, 1.807) is 17.0 Å². The smallest absolute Gasteiger partial charge is 0.289 e. The summed E-state index contributed by atoms with van der Waals surface area (Å²) in [5.74, 6) is 0.940. The number of hydrogen-bond donors (Lipinski definition) is 1. The molecule has 1 saturated heterocycles. The summed E-state index contributed by atoms with van der Waals surface area (Å²) in [7, 11) is 0. The van der Waals surface area contributed by atoms with Gasteiger partial charge in [0, 0.05) is 48.7 Å². The van der Waals surface area contributed by atoms with Crippen molar-refractivity contribution in [3.8, 4) is 28.1 Å². The topological polar surface area (TPSA) is 79.0 Å². The van der Waals surface area contributed by atoms with E-state index >= 15 is 0 Å². The summed E-state index contributed by atoms with van der Waals surface area (Å²) in [6.45, 7) is 3.22. The molecule has 3 heterocycles. The van der Waals surface area contributed by atoms with Crippen LogP contribution in [0.25, 0.3) is 33.3 Å². The van der Waals surface area contributed by atoms with Crippen molar-refractivity contribution in [3.63, 3.8) is 0 Å². The maximum atomic E-state index is 12.5. The molecule has 1 N–H and O–H groups in total. The van der Waals surface area contributed by atoms with Gasteiger partial charge in [-0.2, -0.15) is 0 Å². The summed E-state index contributed by atoms with van der Waals surface area (Å²) in [5, 5.41) is 12.3. The molecule has 1 amide bonds. The van der Waals surface area contributed by atoms with Crippen LogP contribution in [0, 0.1) is 0 Å². The van der Waals surface area contributed by atoms with Gasteiger partial charge in [0.05, 0.1) is 17.5 Å². The highest BCUT2D eigenvalue weighted by atomic mass is 35.5. The fourth-order valence-electron chi connectivity index (χ4n) is 5.16. The monoisotopic (exact) mass is 567 g/mol. The highest BCUT2D eigenvalue weighted by Crippen LogP contribution is 2.34. The maximum absolute atomic E-state index is 12.5. The van der Waals surface area contributed by atoms with Crippen LogP contribution in [0.15, 0.2) is 102 Å². The van der Waals surface area contributed by atoms with Crippen LogP contribution in [0.3, 0.4) is 0 Å². The van der Waals surface area contributed by atoms with Crippen LogP contribution in [0.5, 0.6) is 5.75 Å². The lowest BCUT2D eigenvalue weighted by molar-refractivity contribution is 0.0389. The van der Waals surface area contributed by atoms with Crippen molar-refractivity contribution in [2.24, 2.45) is 0 Å². The zero-order valence-electron chi connectivity index (χ0n) is 22.4. The van der Waals surface area contributed by atoms with E-state index in [1.165, 1.54) is 6.26 Å². The number of β-amino-alcohol motifs (C(OH)–C–C–N with tert-alkyl or cyclic N) is 1. The number of piperazine rings is 1. The van der Waals surface area contributed by atoms with Gasteiger partial charge < -0.3 is 19.2 Å². The van der Waals surface area contributed by atoms with E-state index in [2.05, 4.69) is 23.1 Å². The van der Waals surface area contributed by atoms with Gasteiger partial charge in [-0.05, 0) is 71.8 Å². The number of ether oxygens (including phenoxy) is 1. The predicted molar refractivity (Wildman–Crippen MR) is 160 cm³/mol. The highest BCUT2D eigenvalue weighted by Gasteiger charge is 2.24. The number of rotatable bonds is 8. The lowest BCUT2D eigenvalue weighted by Gasteiger charge is -2.35. The molecule has 0 bridgehead atoms. The minimum Gasteiger partial charge on any atom is -0.491 e. The molecule has 1 aliphatic rings. The molecule has 0 saturated carbocycles. The third-order valence-corrected chi connectivity index (χ3v) is 7.54. The van der Waals surface area contributed by atoms with Gasteiger partial charge in [-0.15, -0.1) is 0 Å². The Morgan fingerprint density at radius 3 is 2.44 bits per heavy atom. The number of carbonyl (C=O) groups is 1. The Morgan fingerprint density at radius 1 is 0.927 bits per heavy atom. The number of furan rings is 1. The molecule has 208 valence electrons. The summed E-state index contributed by atoms with van der Waals surface area (Å²) in [6.07, 6.45) is 0.857. The molecule has 7 nitrogen and oxygen atoms in total. The standard InChI is InChI=1S/C33H30ClN3O4/c34-25-10-13-30-29(19-25)28(23-5-2-1-3-6-23)20-31(35-30)24-8-11-27(12-9-24)41-22-26(38)21-36-14-16-37(17-15-36)33(39)32-7-4-18-40-32/h1-13,18-20,26,38H,14-17,21-22H2. The van der Waals surface area contributed by atoms with E-state index in [1.807, 2.05) is 60.7 Å². The number of fused-ring (bicyclic) bond motifs is 1. The van der Waals surface area contributed by atoms with Gasteiger partial charge in [0.2, 0.25) is 0 Å². The van der Waals surface area contributed by atoms with Crippen molar-refractivity contribution < 1.29 is 19.1 Å². The maximum Gasteiger partial charge on any atom is 0.289 e. The molecule has 2 aromatic heterocycles. The average Bonchev–Trinajstić information content (AvgIpc) is 3.56. The first kappa shape index (κ1) is 27.0. The van der Waals surface area contributed by atoms with E-state index in [0.29, 0.717) is 49.3 Å². The van der Waals surface area contributed by atoms with Gasteiger partial charge in [0.25, 0.3) is 5.91 Å². The third kappa shape index (κ3) is 6.28. The van der Waals surface area contributed by atoms with Crippen molar-refractivity contribution in [3.05, 3.63) is 108 Å². The van der Waals surface area contributed by atoms with Crippen LogP contribution in [0.1, 0.15) is 10.6 Å². The SMILES string of the molecule is O=C(c1ccco1)N1CCN(CC(O)COc2ccc(-c3cc(-c4ccccc4)c4cc(Cl)ccc4n3)cc2)CC1. The summed E-state index contributed by atoms with van der Waals surface area (Å²) in [6, 6.07) is 29.2. The molecule has 6 rings (SSSR count). The Hall–Kier alpha value is -4.17. The van der Waals surface area contributed by atoms with Crippen LogP contribution < -0.4 is 4.74 Å². The van der Waals surface area contributed by atoms with Gasteiger partial charge in [-0.25, -0.2) is 4.98 Å². The predicted octanol–water partition coefficient (Wildman–Crippen LogP) is 6.01. The molecule has 3 aromatic carbocycles. The molecule has 41 heavy (non-hydrogen) atoms. The second kappa shape index (κ2) is 12.1. The third-order valence-electron chi connectivity index (χ3n) is 7.31. The van der Waals surface area contributed by atoms with Gasteiger partial charge in [-0.3, -0.25) is 9.69 Å². The number of amides is 1. The number of benzene rings is 3. The Kier molecular flexibility index (Phi) is 8.00. The molecule has 1 unspecified atom stereocenters. The summed E-state index contributed by atoms with van der Waals surface area (Å²) in [5.41, 5.74) is 4.87. The number of hydrogen-bond acceptors (Lipinski definition) is 6. The molecular weight excluding hydrogens is 538 g/mol. The molecule has 0 spiro atoms. The molecule has 1 atom stereocenters. The van der Waals surface area contributed by atoms with Crippen molar-refractivity contribution in [2.45, 2.75) is 6.10 Å². The van der Waals surface area contributed by atoms with Crippen molar-refractivity contribution in [2.75, 3.05) is 39.3 Å². The molecular formula is C33H30ClN3O4. The highest BCUT2D eigenvalue weighted by molar-refractivity contribution is 6.31. The summed E-state index contributed by atoms with van der Waals surface area (Å²) in [4.78, 5) is 21.3. The number of halogens is 1. The zero-order valence-corrected chi connectivity index (χ0v) is 23.2. The van der Waals surface area contributed by atoms with Crippen LogP contribution in [0.4, 0.5) is 0 Å². The largest absolute Gasteiger partial charge is 0.491 e. The minimum atomic E-state index is -0.649. The molecule has 0 aliphatic carbocycles. The van der Waals surface area contributed by atoms with E-state index in [9.17, 15) is 9.90 Å². The second-order valence-corrected chi connectivity index (χ2v) is 10.6. The first-order valence-corrected chi connectivity index (χ1v) is 14.0. The van der Waals surface area contributed by atoms with Crippen LogP contribution in [-0.4, -0.2) is 71.2 Å². The van der Waals surface area contributed by atoms with Crippen molar-refractivity contribution in [1.29, 1.82) is 0 Å². The van der Waals surface area contributed by atoms with Crippen LogP contribution >= 0.6 is 11.6 Å². The molecule has 8 heteroatoms. The number of aliphatic hydroxyl groups excluding tert-OH is 1. The molecule has 5 aromatic rings. The normalized spacial score (nSPS) is 14.7. The van der Waals surface area contributed by atoms with Crippen LogP contribution in [0.2, 0.25) is 5.02 Å². The number of carbonyl (C=O) groups excluding carboxylic acids is 1. The van der Waals surface area contributed by atoms with Crippen molar-refractivity contribution in [1.82, 2.24) is 14.8 Å². The van der Waals surface area contributed by atoms with Gasteiger partial charge in [0.15, 0.2) is 5.76 Å². The number of aromatic nitrogens is 1. The first-order chi connectivity index (χ1) is 20.0. The number of aliphatic hydroxyl groups is 1. The van der Waals surface area contributed by atoms with E-state index < -0.39 is 6.10 Å². The Bertz CT molecular complexity index is 1620. The Labute approximate surface area is 243 Å². The number of nitrogens with zero attached hydrogens (tertiary/aromatic N) is 3. The molecule has 0 radical (unpaired) electrons. The summed E-state index contributed by atoms with van der Waals surface area (Å²) >= 11 is 6.31. The van der Waals surface area contributed by atoms with E-state index in [0.717, 1.165) is 33.3 Å². The Balaban J connectivity index is 1.07. The van der Waals surface area contributed by atoms with Gasteiger partial charge >= 0.3 is 0 Å². The average molecular weight is 568 g/mol. The quantitative estimate of drug-likeness (QED) is 0.247. The molecule has 1 aliphatic heterocycles. The first-order valence-electron chi connectivity index (χ1n) is 13.7. The zero-order chi connectivity index (χ0) is 28.2. The fraction of sp³-hybridized carbons (Fsp3) is 0.212. The number of pyridine rings is 1. The van der Waals surface area contributed by atoms with Crippen molar-refractivity contribution >= 4 is 28.4 Å². The van der Waals surface area contributed by atoms with E-state index in [4.69, 9.17) is 25.7 Å². The van der Waals surface area contributed by atoms with Gasteiger partial charge in [0.1, 0.15) is 18.5 Å². The van der Waals surface area contributed by atoms with Crippen LogP contribution in [-0.2, 0) is 0 Å². The summed E-state index contributed by atoms with van der Waals surface area (Å²) < 4.78 is 11.1. The van der Waals surface area contributed by atoms with E-state index in [-0.39, 0.29) is 12.5 Å². The van der Waals surface area contributed by atoms with Gasteiger partial charge in [-0.1, -0.05) is 41.9 Å². The lowest BCUT2D eigenvalue weighted by Crippen LogP contribution is -2.50. The Morgan fingerprint density at radius 2 is 1.71 bits per heavy atom. The fourth-order valence-corrected chi connectivity index (χ4v) is 5.33. The minimum absolute atomic E-state index is 0.0958. The lowest BCUT2D eigenvalue weighted by atomic mass is 9.98.